The van der Waals surface area contributed by atoms with E-state index in [0.29, 0.717) is 33.8 Å². The Hall–Kier alpha value is -4.68. The Morgan fingerprint density at radius 2 is 1.76 bits per heavy atom. The summed E-state index contributed by atoms with van der Waals surface area (Å²) in [6, 6.07) is 12.5. The van der Waals surface area contributed by atoms with Crippen molar-refractivity contribution in [2.45, 2.75) is 26.4 Å². The smallest absolute Gasteiger partial charge is 0.209 e. The van der Waals surface area contributed by atoms with Crippen molar-refractivity contribution in [1.82, 2.24) is 34.9 Å². The molecule has 10 nitrogen and oxygen atoms in total. The largest absolute Gasteiger partial charge is 0.382 e. The Morgan fingerprint density at radius 1 is 0.927 bits per heavy atom. The average Bonchev–Trinajstić information content (AvgIpc) is 3.54. The third-order valence-electron chi connectivity index (χ3n) is 6.54. The van der Waals surface area contributed by atoms with E-state index in [1.807, 2.05) is 18.2 Å². The van der Waals surface area contributed by atoms with Crippen LogP contribution in [0, 0.1) is 5.82 Å². The van der Waals surface area contributed by atoms with E-state index in [1.54, 1.807) is 36.9 Å². The van der Waals surface area contributed by atoms with Crippen molar-refractivity contribution in [3.63, 3.8) is 0 Å². The van der Waals surface area contributed by atoms with Gasteiger partial charge >= 0.3 is 0 Å². The van der Waals surface area contributed by atoms with E-state index in [1.165, 1.54) is 12.1 Å². The molecule has 0 saturated heterocycles. The number of anilines is 1. The molecule has 0 fully saturated rings. The second-order valence-corrected chi connectivity index (χ2v) is 12.0. The van der Waals surface area contributed by atoms with E-state index in [-0.39, 0.29) is 12.6 Å². The Bertz CT molecular complexity index is 2020. The fourth-order valence-electron chi connectivity index (χ4n) is 4.81. The van der Waals surface area contributed by atoms with Gasteiger partial charge in [-0.1, -0.05) is 0 Å². The molecule has 0 aliphatic rings. The highest BCUT2D eigenvalue weighted by Gasteiger charge is 2.17. The summed E-state index contributed by atoms with van der Waals surface area (Å²) < 4.78 is 40.1. The molecule has 41 heavy (non-hydrogen) atoms. The minimum atomic E-state index is -3.42. The van der Waals surface area contributed by atoms with E-state index >= 15 is 0 Å². The van der Waals surface area contributed by atoms with Crippen LogP contribution in [0.4, 0.5) is 10.1 Å². The predicted octanol–water partition coefficient (Wildman–Crippen LogP) is 5.24. The first kappa shape index (κ1) is 26.5. The van der Waals surface area contributed by atoms with Gasteiger partial charge in [0.15, 0.2) is 5.65 Å². The Kier molecular flexibility index (Phi) is 6.72. The van der Waals surface area contributed by atoms with Crippen LogP contribution in [0.2, 0.25) is 0 Å². The molecule has 12 heteroatoms. The summed E-state index contributed by atoms with van der Waals surface area (Å²) in [7, 11) is -3.42. The number of nitrogens with one attached hydrogen (secondary N) is 4. The summed E-state index contributed by atoms with van der Waals surface area (Å²) >= 11 is 0. The third kappa shape index (κ3) is 5.65. The number of sulfonamides is 1. The zero-order valence-corrected chi connectivity index (χ0v) is 23.3. The molecule has 0 saturated carbocycles. The predicted molar refractivity (Wildman–Crippen MR) is 158 cm³/mol. The van der Waals surface area contributed by atoms with Gasteiger partial charge in [0.05, 0.1) is 17.6 Å². The van der Waals surface area contributed by atoms with Gasteiger partial charge in [0.2, 0.25) is 10.0 Å². The lowest BCUT2D eigenvalue weighted by molar-refractivity contribution is 0.586. The van der Waals surface area contributed by atoms with Gasteiger partial charge in [0.25, 0.3) is 0 Å². The lowest BCUT2D eigenvalue weighted by Crippen LogP contribution is -2.21. The van der Waals surface area contributed by atoms with Crippen LogP contribution in [-0.4, -0.2) is 50.8 Å². The number of aromatic nitrogens is 6. The molecule has 5 heterocycles. The van der Waals surface area contributed by atoms with Crippen LogP contribution in [0.25, 0.3) is 55.7 Å². The van der Waals surface area contributed by atoms with E-state index in [9.17, 15) is 12.8 Å². The minimum Gasteiger partial charge on any atom is -0.382 e. The molecular formula is C29H27FN8O2S. The topological polar surface area (TPSA) is 141 Å². The minimum absolute atomic E-state index is 0.0171. The molecule has 6 aromatic rings. The fraction of sp³-hybridized carbons (Fsp3) is 0.172. The van der Waals surface area contributed by atoms with Crippen LogP contribution in [-0.2, 0) is 16.6 Å². The normalized spacial score (nSPS) is 12.0. The van der Waals surface area contributed by atoms with Gasteiger partial charge in [-0.05, 0) is 73.0 Å². The number of hydrogen-bond donors (Lipinski definition) is 4. The van der Waals surface area contributed by atoms with Crippen molar-refractivity contribution in [3.05, 3.63) is 78.6 Å². The van der Waals surface area contributed by atoms with Crippen molar-refractivity contribution >= 4 is 37.8 Å². The van der Waals surface area contributed by atoms with Crippen molar-refractivity contribution in [1.29, 1.82) is 0 Å². The van der Waals surface area contributed by atoms with Gasteiger partial charge in [0, 0.05) is 59.3 Å². The molecule has 0 spiro atoms. The van der Waals surface area contributed by atoms with Crippen LogP contribution in [0.5, 0.6) is 0 Å². The quantitative estimate of drug-likeness (QED) is 0.196. The number of hydrogen-bond acceptors (Lipinski definition) is 7. The highest BCUT2D eigenvalue weighted by Crippen LogP contribution is 2.34. The van der Waals surface area contributed by atoms with Gasteiger partial charge in [-0.25, -0.2) is 27.5 Å². The number of halogens is 1. The van der Waals surface area contributed by atoms with E-state index in [2.05, 4.69) is 54.0 Å². The average molecular weight is 571 g/mol. The van der Waals surface area contributed by atoms with Crippen molar-refractivity contribution in [3.8, 4) is 33.6 Å². The molecule has 0 amide bonds. The molecule has 0 atom stereocenters. The molecule has 4 N–H and O–H groups in total. The summed E-state index contributed by atoms with van der Waals surface area (Å²) in [6.07, 6.45) is 8.08. The van der Waals surface area contributed by atoms with Crippen molar-refractivity contribution in [2.75, 3.05) is 11.6 Å². The molecule has 0 bridgehead atoms. The number of H-pyrrole nitrogens is 2. The maximum absolute atomic E-state index is 14.6. The van der Waals surface area contributed by atoms with Crippen LogP contribution < -0.4 is 10.0 Å². The maximum atomic E-state index is 14.6. The SMILES string of the molecule is CC(C)Nc1cncc(-c2cnc3[nH]nc(-c4cc5c(-c6cc(F)cc(CNS(C)(=O)=O)c6)ccnc5[nH]4)c3c2)c1. The number of aromatic amines is 2. The second-order valence-electron chi connectivity index (χ2n) is 10.2. The first-order valence-corrected chi connectivity index (χ1v) is 14.8. The van der Waals surface area contributed by atoms with E-state index in [4.69, 9.17) is 0 Å². The number of fused-ring (bicyclic) bond motifs is 2. The van der Waals surface area contributed by atoms with Crippen molar-refractivity contribution in [2.24, 2.45) is 0 Å². The summed E-state index contributed by atoms with van der Waals surface area (Å²) in [5, 5.41) is 12.5. The lowest BCUT2D eigenvalue weighted by Gasteiger charge is -2.10. The first-order valence-electron chi connectivity index (χ1n) is 12.9. The Balaban J connectivity index is 1.40. The fourth-order valence-corrected chi connectivity index (χ4v) is 5.23. The van der Waals surface area contributed by atoms with Gasteiger partial charge < -0.3 is 10.3 Å². The van der Waals surface area contributed by atoms with E-state index < -0.39 is 15.8 Å². The van der Waals surface area contributed by atoms with Gasteiger partial charge in [-0.2, -0.15) is 5.10 Å². The van der Waals surface area contributed by atoms with E-state index in [0.717, 1.165) is 39.4 Å². The molecule has 0 radical (unpaired) electrons. The van der Waals surface area contributed by atoms with Gasteiger partial charge in [-0.3, -0.25) is 10.1 Å². The van der Waals surface area contributed by atoms with Crippen LogP contribution in [0.3, 0.4) is 0 Å². The molecule has 208 valence electrons. The number of rotatable bonds is 8. The monoisotopic (exact) mass is 570 g/mol. The molecule has 0 aliphatic heterocycles. The first-order chi connectivity index (χ1) is 19.6. The van der Waals surface area contributed by atoms with Gasteiger partial charge in [0.1, 0.15) is 17.2 Å². The number of pyridine rings is 3. The molecule has 0 aliphatic carbocycles. The standard InChI is InChI=1S/C29H27FN8O2S/c1-16(2)35-22-9-19(13-31-15-22)20-10-25-27(37-38-29(25)33-14-20)26-11-24-23(4-5-32-28(24)36-26)18-6-17(7-21(30)8-18)12-34-41(3,39)40/h4-11,13-16,34-35H,12H2,1-3H3,(H,32,36)(H,33,37,38). The van der Waals surface area contributed by atoms with Gasteiger partial charge in [-0.15, -0.1) is 0 Å². The molecule has 6 rings (SSSR count). The highest BCUT2D eigenvalue weighted by atomic mass is 32.2. The summed E-state index contributed by atoms with van der Waals surface area (Å²) in [5.41, 5.74) is 7.21. The zero-order chi connectivity index (χ0) is 28.7. The maximum Gasteiger partial charge on any atom is 0.209 e. The van der Waals surface area contributed by atoms with Crippen LogP contribution >= 0.6 is 0 Å². The summed E-state index contributed by atoms with van der Waals surface area (Å²) in [6.45, 7) is 4.13. The number of nitrogens with zero attached hydrogens (tertiary/aromatic N) is 4. The van der Waals surface area contributed by atoms with Crippen molar-refractivity contribution < 1.29 is 12.8 Å². The Labute approximate surface area is 235 Å². The zero-order valence-electron chi connectivity index (χ0n) is 22.5. The molecule has 0 unspecified atom stereocenters. The highest BCUT2D eigenvalue weighted by molar-refractivity contribution is 7.88. The second kappa shape index (κ2) is 10.4. The van der Waals surface area contributed by atoms with Crippen LogP contribution in [0.15, 0.2) is 67.3 Å². The third-order valence-corrected chi connectivity index (χ3v) is 7.21. The summed E-state index contributed by atoms with van der Waals surface area (Å²) in [4.78, 5) is 16.8. The summed E-state index contributed by atoms with van der Waals surface area (Å²) in [5.74, 6) is -0.465. The molecular weight excluding hydrogens is 543 g/mol. The number of benzene rings is 1. The van der Waals surface area contributed by atoms with Crippen LogP contribution in [0.1, 0.15) is 19.4 Å². The molecule has 1 aromatic carbocycles. The molecule has 5 aromatic heterocycles. The Morgan fingerprint density at radius 3 is 2.56 bits per heavy atom. The lowest BCUT2D eigenvalue weighted by atomic mass is 10.0.